The van der Waals surface area contributed by atoms with Crippen LogP contribution in [0, 0.1) is 0 Å². The van der Waals surface area contributed by atoms with Gasteiger partial charge in [-0.3, -0.25) is 9.36 Å². The van der Waals surface area contributed by atoms with E-state index in [1.54, 1.807) is 27.0 Å². The molecule has 0 fully saturated rings. The lowest BCUT2D eigenvalue weighted by atomic mass is 10.0. The van der Waals surface area contributed by atoms with Gasteiger partial charge < -0.3 is 14.4 Å². The number of hydrogen-bond donors (Lipinski definition) is 0. The summed E-state index contributed by atoms with van der Waals surface area (Å²) in [6, 6.07) is 19.2. The molecule has 6 nitrogen and oxygen atoms in total. The van der Waals surface area contributed by atoms with Crippen LogP contribution < -0.4 is 10.3 Å². The second-order valence-corrected chi connectivity index (χ2v) is 10.8. The molecule has 0 unspecified atom stereocenters. The fourth-order valence-corrected chi connectivity index (χ4v) is 5.39. The van der Waals surface area contributed by atoms with Crippen molar-refractivity contribution in [1.82, 2.24) is 9.47 Å². The normalized spacial score (nSPS) is 13.5. The number of hydrogen-bond acceptors (Lipinski definition) is 5. The molecule has 1 aliphatic heterocycles. The third-order valence-electron chi connectivity index (χ3n) is 5.89. The van der Waals surface area contributed by atoms with Gasteiger partial charge in [-0.2, -0.15) is 0 Å². The number of carbonyl (C=O) groups is 1. The number of rotatable bonds is 4. The highest BCUT2D eigenvalue weighted by atomic mass is 32.1. The molecule has 35 heavy (non-hydrogen) atoms. The van der Waals surface area contributed by atoms with Crippen molar-refractivity contribution in [2.24, 2.45) is 0 Å². The van der Waals surface area contributed by atoms with E-state index in [4.69, 9.17) is 9.47 Å². The second-order valence-electron chi connectivity index (χ2n) is 9.68. The van der Waals surface area contributed by atoms with Crippen molar-refractivity contribution in [3.8, 4) is 11.4 Å². The van der Waals surface area contributed by atoms with Gasteiger partial charge >= 0.3 is 6.09 Å². The molecule has 4 aromatic rings. The SMILES string of the molecule is CC(C)(C)OC(=O)N1CCc2sc3ccc(-n4ccc(OCc5ccccc5)cc4=O)cc3c2C1. The second kappa shape index (κ2) is 9.23. The molecule has 0 atom stereocenters. The van der Waals surface area contributed by atoms with Gasteiger partial charge in [-0.1, -0.05) is 30.3 Å². The van der Waals surface area contributed by atoms with Crippen LogP contribution in [0.2, 0.25) is 0 Å². The first-order chi connectivity index (χ1) is 16.8. The first-order valence-electron chi connectivity index (χ1n) is 11.7. The molecular formula is C28H28N2O4S. The van der Waals surface area contributed by atoms with Crippen molar-refractivity contribution >= 4 is 27.5 Å². The van der Waals surface area contributed by atoms with Crippen LogP contribution >= 0.6 is 11.3 Å². The number of ether oxygens (including phenoxy) is 2. The minimum atomic E-state index is -0.528. The van der Waals surface area contributed by atoms with Crippen molar-refractivity contribution in [3.63, 3.8) is 0 Å². The molecule has 3 heterocycles. The summed E-state index contributed by atoms with van der Waals surface area (Å²) in [5, 5.41) is 1.08. The van der Waals surface area contributed by atoms with Gasteiger partial charge in [-0.15, -0.1) is 11.3 Å². The largest absolute Gasteiger partial charge is 0.489 e. The zero-order chi connectivity index (χ0) is 24.6. The summed E-state index contributed by atoms with van der Waals surface area (Å²) in [6.07, 6.45) is 2.26. The average molecular weight is 489 g/mol. The van der Waals surface area contributed by atoms with Gasteiger partial charge in [0.1, 0.15) is 18.0 Å². The summed E-state index contributed by atoms with van der Waals surface area (Å²) in [5.41, 5.74) is 2.28. The number of benzene rings is 2. The van der Waals surface area contributed by atoms with Gasteiger partial charge in [0.15, 0.2) is 0 Å². The highest BCUT2D eigenvalue weighted by molar-refractivity contribution is 7.19. The molecule has 0 N–H and O–H groups in total. The summed E-state index contributed by atoms with van der Waals surface area (Å²) in [5.74, 6) is 0.539. The summed E-state index contributed by atoms with van der Waals surface area (Å²) in [4.78, 5) is 28.6. The fraction of sp³-hybridized carbons (Fsp3) is 0.286. The van der Waals surface area contributed by atoms with E-state index in [9.17, 15) is 9.59 Å². The molecule has 1 amide bonds. The maximum Gasteiger partial charge on any atom is 0.410 e. The zero-order valence-electron chi connectivity index (χ0n) is 20.1. The standard InChI is InChI=1S/C28H28N2O4S/c1-28(2,3)34-27(32)29-13-12-25-23(17-29)22-15-20(9-10-24(22)35-25)30-14-11-21(16-26(30)31)33-18-19-7-5-4-6-8-19/h4-11,14-16H,12-13,17-18H2,1-3H3. The molecule has 1 aliphatic rings. The predicted molar refractivity (Wildman–Crippen MR) is 139 cm³/mol. The van der Waals surface area contributed by atoms with Crippen molar-refractivity contribution in [3.05, 3.63) is 93.2 Å². The van der Waals surface area contributed by atoms with Gasteiger partial charge in [-0.05, 0) is 68.0 Å². The highest BCUT2D eigenvalue weighted by Gasteiger charge is 2.28. The molecule has 0 bridgehead atoms. The Hall–Kier alpha value is -3.58. The topological polar surface area (TPSA) is 60.8 Å². The monoisotopic (exact) mass is 488 g/mol. The number of nitrogens with zero attached hydrogens (tertiary/aromatic N) is 2. The Balaban J connectivity index is 1.39. The van der Waals surface area contributed by atoms with E-state index in [2.05, 4.69) is 6.07 Å². The molecule has 2 aromatic heterocycles. The van der Waals surface area contributed by atoms with E-state index in [1.165, 1.54) is 10.9 Å². The van der Waals surface area contributed by atoms with E-state index in [-0.39, 0.29) is 11.7 Å². The minimum Gasteiger partial charge on any atom is -0.489 e. The van der Waals surface area contributed by atoms with Crippen LogP contribution in [-0.2, 0) is 24.3 Å². The number of fused-ring (bicyclic) bond motifs is 3. The molecule has 180 valence electrons. The summed E-state index contributed by atoms with van der Waals surface area (Å²) < 4.78 is 14.2. The minimum absolute atomic E-state index is 0.158. The third kappa shape index (κ3) is 5.10. The van der Waals surface area contributed by atoms with Gasteiger partial charge in [0.2, 0.25) is 0 Å². The lowest BCUT2D eigenvalue weighted by Crippen LogP contribution is -2.39. The summed E-state index contributed by atoms with van der Waals surface area (Å²) >= 11 is 1.76. The molecule has 0 aliphatic carbocycles. The van der Waals surface area contributed by atoms with Crippen molar-refractivity contribution < 1.29 is 14.3 Å². The lowest BCUT2D eigenvalue weighted by molar-refractivity contribution is 0.0226. The first-order valence-corrected chi connectivity index (χ1v) is 12.5. The van der Waals surface area contributed by atoms with Crippen LogP contribution in [0.1, 0.15) is 36.8 Å². The fourth-order valence-electron chi connectivity index (χ4n) is 4.21. The summed E-state index contributed by atoms with van der Waals surface area (Å²) in [7, 11) is 0. The maximum atomic E-state index is 12.9. The van der Waals surface area contributed by atoms with E-state index in [0.717, 1.165) is 33.3 Å². The van der Waals surface area contributed by atoms with E-state index < -0.39 is 5.60 Å². The Morgan fingerprint density at radius 1 is 1.06 bits per heavy atom. The summed E-state index contributed by atoms with van der Waals surface area (Å²) in [6.45, 7) is 7.19. The van der Waals surface area contributed by atoms with Crippen LogP contribution in [0.15, 0.2) is 71.7 Å². The average Bonchev–Trinajstić information content (AvgIpc) is 3.19. The lowest BCUT2D eigenvalue weighted by Gasteiger charge is -2.30. The van der Waals surface area contributed by atoms with Gasteiger partial charge in [0.05, 0.1) is 6.54 Å². The van der Waals surface area contributed by atoms with Crippen molar-refractivity contribution in [2.75, 3.05) is 6.54 Å². The Morgan fingerprint density at radius 3 is 2.60 bits per heavy atom. The molecule has 7 heteroatoms. The molecule has 0 saturated carbocycles. The number of amides is 1. The molecule has 2 aromatic carbocycles. The Morgan fingerprint density at radius 2 is 1.86 bits per heavy atom. The van der Waals surface area contributed by atoms with Crippen LogP contribution in [0.4, 0.5) is 4.79 Å². The Kier molecular flexibility index (Phi) is 6.11. The maximum absolute atomic E-state index is 12.9. The van der Waals surface area contributed by atoms with Crippen LogP contribution in [0.3, 0.4) is 0 Å². The van der Waals surface area contributed by atoms with E-state index in [0.29, 0.717) is 25.4 Å². The molecule has 0 spiro atoms. The Bertz CT molecular complexity index is 1430. The van der Waals surface area contributed by atoms with Gasteiger partial charge in [0.25, 0.3) is 5.56 Å². The molecular weight excluding hydrogens is 460 g/mol. The third-order valence-corrected chi connectivity index (χ3v) is 7.16. The van der Waals surface area contributed by atoms with Gasteiger partial charge in [-0.25, -0.2) is 4.79 Å². The van der Waals surface area contributed by atoms with Gasteiger partial charge in [0, 0.05) is 34.1 Å². The molecule has 0 radical (unpaired) electrons. The van der Waals surface area contributed by atoms with Crippen LogP contribution in [0.25, 0.3) is 15.8 Å². The number of thiophene rings is 1. The van der Waals surface area contributed by atoms with Crippen LogP contribution in [0.5, 0.6) is 5.75 Å². The highest BCUT2D eigenvalue weighted by Crippen LogP contribution is 2.36. The van der Waals surface area contributed by atoms with Crippen molar-refractivity contribution in [1.29, 1.82) is 0 Å². The quantitative estimate of drug-likeness (QED) is 0.358. The smallest absolute Gasteiger partial charge is 0.410 e. The Labute approximate surface area is 208 Å². The zero-order valence-corrected chi connectivity index (χ0v) is 20.9. The van der Waals surface area contributed by atoms with Crippen molar-refractivity contribution in [2.45, 2.75) is 45.9 Å². The predicted octanol–water partition coefficient (Wildman–Crippen LogP) is 5.92. The first kappa shape index (κ1) is 23.2. The van der Waals surface area contributed by atoms with E-state index in [1.807, 2.05) is 69.3 Å². The van der Waals surface area contributed by atoms with Crippen LogP contribution in [-0.4, -0.2) is 27.7 Å². The molecule has 5 rings (SSSR count). The number of aromatic nitrogens is 1. The van der Waals surface area contributed by atoms with E-state index >= 15 is 0 Å². The molecule has 0 saturated heterocycles. The number of pyridine rings is 1. The number of carbonyl (C=O) groups excluding carboxylic acids is 1.